The lowest BCUT2D eigenvalue weighted by molar-refractivity contribution is 0.0489. The fourth-order valence-electron chi connectivity index (χ4n) is 3.08. The molecule has 0 unspecified atom stereocenters. The predicted molar refractivity (Wildman–Crippen MR) is 92.4 cm³/mol. The summed E-state index contributed by atoms with van der Waals surface area (Å²) < 4.78 is 10.5. The van der Waals surface area contributed by atoms with Gasteiger partial charge in [0.1, 0.15) is 11.4 Å². The standard InChI is InChI=1S/C19H27NO4/c1-19(2,3)24-18(22)20-16-10-6-7-13(16)12-17(21)14-8-5-9-15(11-14)23-4/h5,8-9,11,13,16H,6-7,10,12H2,1-4H3,(H,20,22)/t13-,16-/m1/s1. The second kappa shape index (κ2) is 7.69. The van der Waals surface area contributed by atoms with Gasteiger partial charge in [-0.25, -0.2) is 4.79 Å². The highest BCUT2D eigenvalue weighted by Crippen LogP contribution is 2.30. The van der Waals surface area contributed by atoms with Gasteiger partial charge in [-0.05, 0) is 51.7 Å². The molecule has 1 N–H and O–H groups in total. The molecule has 5 nitrogen and oxygen atoms in total. The van der Waals surface area contributed by atoms with Gasteiger partial charge >= 0.3 is 6.09 Å². The zero-order chi connectivity index (χ0) is 17.7. The monoisotopic (exact) mass is 333 g/mol. The number of alkyl carbamates (subject to hydrolysis) is 1. The largest absolute Gasteiger partial charge is 0.497 e. The lowest BCUT2D eigenvalue weighted by atomic mass is 9.94. The molecule has 0 saturated heterocycles. The van der Waals surface area contributed by atoms with Crippen molar-refractivity contribution >= 4 is 11.9 Å². The predicted octanol–water partition coefficient (Wildman–Crippen LogP) is 3.96. The van der Waals surface area contributed by atoms with Gasteiger partial charge in [-0.1, -0.05) is 18.6 Å². The molecule has 1 aliphatic rings. The molecular formula is C19H27NO4. The fraction of sp³-hybridized carbons (Fsp3) is 0.579. The van der Waals surface area contributed by atoms with E-state index in [2.05, 4.69) is 5.32 Å². The summed E-state index contributed by atoms with van der Waals surface area (Å²) in [4.78, 5) is 24.5. The van der Waals surface area contributed by atoms with E-state index >= 15 is 0 Å². The maximum Gasteiger partial charge on any atom is 0.407 e. The van der Waals surface area contributed by atoms with Crippen molar-refractivity contribution < 1.29 is 19.1 Å². The first-order valence-electron chi connectivity index (χ1n) is 8.45. The van der Waals surface area contributed by atoms with E-state index < -0.39 is 11.7 Å². The van der Waals surface area contributed by atoms with Crippen LogP contribution >= 0.6 is 0 Å². The van der Waals surface area contributed by atoms with Crippen LogP contribution in [0.5, 0.6) is 5.75 Å². The number of ketones is 1. The van der Waals surface area contributed by atoms with Crippen LogP contribution in [-0.4, -0.2) is 30.6 Å². The van der Waals surface area contributed by atoms with Crippen molar-refractivity contribution in [3.05, 3.63) is 29.8 Å². The Morgan fingerprint density at radius 3 is 2.67 bits per heavy atom. The summed E-state index contributed by atoms with van der Waals surface area (Å²) in [6.45, 7) is 5.51. The lowest BCUT2D eigenvalue weighted by Gasteiger charge is -2.24. The number of methoxy groups -OCH3 is 1. The van der Waals surface area contributed by atoms with Crippen LogP contribution in [0.1, 0.15) is 56.8 Å². The molecular weight excluding hydrogens is 306 g/mol. The zero-order valence-electron chi connectivity index (χ0n) is 14.9. The Morgan fingerprint density at radius 1 is 1.25 bits per heavy atom. The van der Waals surface area contributed by atoms with Gasteiger partial charge in [0.2, 0.25) is 0 Å². The van der Waals surface area contributed by atoms with Crippen molar-refractivity contribution in [2.24, 2.45) is 5.92 Å². The summed E-state index contributed by atoms with van der Waals surface area (Å²) in [5.41, 5.74) is 0.131. The van der Waals surface area contributed by atoms with Gasteiger partial charge < -0.3 is 14.8 Å². The number of ether oxygens (including phenoxy) is 2. The van der Waals surface area contributed by atoms with Crippen LogP contribution in [0.2, 0.25) is 0 Å². The van der Waals surface area contributed by atoms with Crippen molar-refractivity contribution in [2.75, 3.05) is 7.11 Å². The van der Waals surface area contributed by atoms with Crippen molar-refractivity contribution in [2.45, 2.75) is 58.1 Å². The summed E-state index contributed by atoms with van der Waals surface area (Å²) in [6.07, 6.45) is 2.85. The van der Waals surface area contributed by atoms with Gasteiger partial charge in [0.05, 0.1) is 7.11 Å². The van der Waals surface area contributed by atoms with E-state index in [-0.39, 0.29) is 17.7 Å². The molecule has 1 fully saturated rings. The van der Waals surface area contributed by atoms with Crippen LogP contribution in [0, 0.1) is 5.92 Å². The molecule has 1 aromatic carbocycles. The number of benzene rings is 1. The minimum atomic E-state index is -0.519. The van der Waals surface area contributed by atoms with Crippen molar-refractivity contribution in [3.63, 3.8) is 0 Å². The van der Waals surface area contributed by atoms with Crippen molar-refractivity contribution in [1.29, 1.82) is 0 Å². The normalized spacial score (nSPS) is 20.5. The van der Waals surface area contributed by atoms with Crippen LogP contribution in [0.4, 0.5) is 4.79 Å². The number of carbonyl (C=O) groups excluding carboxylic acids is 2. The molecule has 0 bridgehead atoms. The molecule has 0 aliphatic heterocycles. The van der Waals surface area contributed by atoms with Crippen LogP contribution in [0.25, 0.3) is 0 Å². The van der Waals surface area contributed by atoms with Crippen LogP contribution in [0.15, 0.2) is 24.3 Å². The first kappa shape index (κ1) is 18.3. The number of carbonyl (C=O) groups is 2. The third-order valence-electron chi connectivity index (χ3n) is 4.20. The SMILES string of the molecule is COc1cccc(C(=O)C[C@H]2CCC[C@H]2NC(=O)OC(C)(C)C)c1. The number of hydrogen-bond acceptors (Lipinski definition) is 4. The quantitative estimate of drug-likeness (QED) is 0.828. The fourth-order valence-corrected chi connectivity index (χ4v) is 3.08. The summed E-state index contributed by atoms with van der Waals surface area (Å²) in [5.74, 6) is 0.906. The molecule has 5 heteroatoms. The van der Waals surface area contributed by atoms with E-state index in [4.69, 9.17) is 9.47 Å². The van der Waals surface area contributed by atoms with Crippen LogP contribution in [0.3, 0.4) is 0 Å². The Hall–Kier alpha value is -2.04. The molecule has 0 aromatic heterocycles. The summed E-state index contributed by atoms with van der Waals surface area (Å²) >= 11 is 0. The molecule has 0 spiro atoms. The summed E-state index contributed by atoms with van der Waals surface area (Å²) in [7, 11) is 1.58. The molecule has 2 rings (SSSR count). The molecule has 1 aromatic rings. The Morgan fingerprint density at radius 2 is 2.00 bits per heavy atom. The second-order valence-electron chi connectivity index (χ2n) is 7.30. The number of amides is 1. The molecule has 0 heterocycles. The Labute approximate surface area is 143 Å². The minimum absolute atomic E-state index is 0.00518. The van der Waals surface area contributed by atoms with E-state index in [9.17, 15) is 9.59 Å². The molecule has 1 aliphatic carbocycles. The van der Waals surface area contributed by atoms with E-state index in [1.807, 2.05) is 32.9 Å². The van der Waals surface area contributed by atoms with Gasteiger partial charge in [-0.3, -0.25) is 4.79 Å². The topological polar surface area (TPSA) is 64.6 Å². The Balaban J connectivity index is 1.95. The maximum absolute atomic E-state index is 12.5. The number of Topliss-reactive ketones (excluding diaryl/α,β-unsaturated/α-hetero) is 1. The van der Waals surface area contributed by atoms with Crippen LogP contribution < -0.4 is 10.1 Å². The number of rotatable bonds is 5. The summed E-state index contributed by atoms with van der Waals surface area (Å²) in [6, 6.07) is 7.19. The number of nitrogens with one attached hydrogen (secondary N) is 1. The molecule has 24 heavy (non-hydrogen) atoms. The lowest BCUT2D eigenvalue weighted by Crippen LogP contribution is -2.41. The first-order valence-corrected chi connectivity index (χ1v) is 8.45. The highest BCUT2D eigenvalue weighted by atomic mass is 16.6. The van der Waals surface area contributed by atoms with E-state index in [1.165, 1.54) is 0 Å². The minimum Gasteiger partial charge on any atom is -0.497 e. The van der Waals surface area contributed by atoms with Crippen molar-refractivity contribution in [3.8, 4) is 5.75 Å². The van der Waals surface area contributed by atoms with Gasteiger partial charge in [-0.2, -0.15) is 0 Å². The van der Waals surface area contributed by atoms with Gasteiger partial charge in [0.15, 0.2) is 5.78 Å². The molecule has 2 atom stereocenters. The van der Waals surface area contributed by atoms with Gasteiger partial charge in [0, 0.05) is 18.0 Å². The van der Waals surface area contributed by atoms with Gasteiger partial charge in [0.25, 0.3) is 0 Å². The van der Waals surface area contributed by atoms with Crippen LogP contribution in [-0.2, 0) is 4.74 Å². The maximum atomic E-state index is 12.5. The van der Waals surface area contributed by atoms with Gasteiger partial charge in [-0.15, -0.1) is 0 Å². The average Bonchev–Trinajstić information content (AvgIpc) is 2.92. The summed E-state index contributed by atoms with van der Waals surface area (Å²) in [5, 5.41) is 2.93. The third kappa shape index (κ3) is 5.25. The Kier molecular flexibility index (Phi) is 5.86. The van der Waals surface area contributed by atoms with E-state index in [1.54, 1.807) is 19.2 Å². The molecule has 1 saturated carbocycles. The second-order valence-corrected chi connectivity index (χ2v) is 7.30. The molecule has 132 valence electrons. The highest BCUT2D eigenvalue weighted by molar-refractivity contribution is 5.96. The highest BCUT2D eigenvalue weighted by Gasteiger charge is 2.31. The Bertz CT molecular complexity index is 591. The number of hydrogen-bond donors (Lipinski definition) is 1. The first-order chi connectivity index (χ1) is 11.3. The molecule has 0 radical (unpaired) electrons. The zero-order valence-corrected chi connectivity index (χ0v) is 14.9. The molecule has 1 amide bonds. The van der Waals surface area contributed by atoms with E-state index in [0.29, 0.717) is 17.7 Å². The smallest absolute Gasteiger partial charge is 0.407 e. The van der Waals surface area contributed by atoms with Crippen molar-refractivity contribution in [1.82, 2.24) is 5.32 Å². The third-order valence-corrected chi connectivity index (χ3v) is 4.20. The van der Waals surface area contributed by atoms with E-state index in [0.717, 1.165) is 19.3 Å². The average molecular weight is 333 g/mol.